The summed E-state index contributed by atoms with van der Waals surface area (Å²) in [4.78, 5) is 37.4. The fourth-order valence-corrected chi connectivity index (χ4v) is 9.89. The highest BCUT2D eigenvalue weighted by molar-refractivity contribution is 5.70. The number of nitrogens with zero attached hydrogens (tertiary/aromatic N) is 1. The molecule has 0 aliphatic rings. The molecular weight excluding hydrogens is 911 g/mol. The average molecular weight is 1040 g/mol. The Morgan fingerprint density at radius 3 is 0.877 bits per heavy atom. The quantitative estimate of drug-likeness (QED) is 0.0256. The Morgan fingerprint density at radius 1 is 0.356 bits per heavy atom. The second kappa shape index (κ2) is 56.5. The maximum Gasteiger partial charge on any atom is 0.306 e. The molecule has 0 aromatic carbocycles. The van der Waals surface area contributed by atoms with Crippen LogP contribution in [0.3, 0.4) is 0 Å². The normalized spacial score (nSPS) is 12.6. The van der Waals surface area contributed by atoms with Crippen LogP contribution in [0.1, 0.15) is 335 Å². The lowest BCUT2D eigenvalue weighted by atomic mass is 10.0. The van der Waals surface area contributed by atoms with Crippen molar-refractivity contribution < 1.29 is 42.9 Å². The van der Waals surface area contributed by atoms with Crippen LogP contribution in [0, 0.1) is 0 Å². The highest BCUT2D eigenvalue weighted by atomic mass is 16.7. The number of ether oxygens (including phenoxy) is 4. The van der Waals surface area contributed by atoms with Gasteiger partial charge in [-0.1, -0.05) is 309 Å². The van der Waals surface area contributed by atoms with Crippen molar-refractivity contribution in [3.05, 3.63) is 0 Å². The van der Waals surface area contributed by atoms with Crippen LogP contribution in [0.25, 0.3) is 0 Å². The minimum Gasteiger partial charge on any atom is -0.545 e. The Labute approximate surface area is 453 Å². The lowest BCUT2D eigenvalue weighted by Gasteiger charge is -2.26. The molecule has 0 heterocycles. The Balaban J connectivity index is 4.10. The number of hydrogen-bond donors (Lipinski definition) is 0. The summed E-state index contributed by atoms with van der Waals surface area (Å²) in [5, 5.41) is 11.8. The topological polar surface area (TPSA) is 111 Å². The second-order valence-corrected chi connectivity index (χ2v) is 23.4. The second-order valence-electron chi connectivity index (χ2n) is 23.4. The van der Waals surface area contributed by atoms with Crippen molar-refractivity contribution in [3.63, 3.8) is 0 Å². The molecular formula is C64H125NO8. The van der Waals surface area contributed by atoms with E-state index >= 15 is 0 Å². The molecule has 0 aliphatic heterocycles. The van der Waals surface area contributed by atoms with E-state index in [9.17, 15) is 19.5 Å². The van der Waals surface area contributed by atoms with Gasteiger partial charge in [0.05, 0.1) is 40.3 Å². The average Bonchev–Trinajstić information content (AvgIpc) is 3.36. The zero-order valence-corrected chi connectivity index (χ0v) is 49.6. The van der Waals surface area contributed by atoms with Gasteiger partial charge < -0.3 is 33.3 Å². The molecule has 9 heteroatoms. The zero-order chi connectivity index (χ0) is 53.4. The van der Waals surface area contributed by atoms with Crippen molar-refractivity contribution in [2.24, 2.45) is 0 Å². The third kappa shape index (κ3) is 57.8. The third-order valence-electron chi connectivity index (χ3n) is 14.9. The van der Waals surface area contributed by atoms with Gasteiger partial charge in [0.1, 0.15) is 13.2 Å². The number of esters is 2. The van der Waals surface area contributed by atoms with Gasteiger partial charge >= 0.3 is 11.9 Å². The molecule has 0 amide bonds. The molecule has 2 unspecified atom stereocenters. The Bertz CT molecular complexity index is 1160. The fraction of sp³-hybridized carbons (Fsp3) is 0.953. The molecule has 0 saturated heterocycles. The molecule has 2 atom stereocenters. The van der Waals surface area contributed by atoms with E-state index in [0.717, 1.165) is 38.5 Å². The number of rotatable bonds is 61. The van der Waals surface area contributed by atoms with Crippen LogP contribution < -0.4 is 5.11 Å². The van der Waals surface area contributed by atoms with E-state index in [1.54, 1.807) is 0 Å². The van der Waals surface area contributed by atoms with Gasteiger partial charge in [0, 0.05) is 12.8 Å². The van der Waals surface area contributed by atoms with Gasteiger partial charge in [-0.3, -0.25) is 9.59 Å². The molecule has 0 aromatic heterocycles. The van der Waals surface area contributed by atoms with Crippen molar-refractivity contribution in [1.82, 2.24) is 0 Å². The highest BCUT2D eigenvalue weighted by Gasteiger charge is 2.22. The number of hydrogen-bond acceptors (Lipinski definition) is 8. The van der Waals surface area contributed by atoms with Crippen LogP contribution in [-0.2, 0) is 33.3 Å². The monoisotopic (exact) mass is 1040 g/mol. The van der Waals surface area contributed by atoms with Crippen LogP contribution in [0.4, 0.5) is 0 Å². The number of carbonyl (C=O) groups is 3. The lowest BCUT2D eigenvalue weighted by Crippen LogP contribution is -2.44. The third-order valence-corrected chi connectivity index (χ3v) is 14.9. The highest BCUT2D eigenvalue weighted by Crippen LogP contribution is 2.19. The summed E-state index contributed by atoms with van der Waals surface area (Å²) in [5.74, 6) is -2.25. The molecule has 73 heavy (non-hydrogen) atoms. The Kier molecular flexibility index (Phi) is 55.2. The van der Waals surface area contributed by atoms with Gasteiger partial charge in [0.15, 0.2) is 12.4 Å². The number of aliphatic carboxylic acids is 1. The lowest BCUT2D eigenvalue weighted by molar-refractivity contribution is -0.870. The van der Waals surface area contributed by atoms with E-state index in [1.165, 1.54) is 270 Å². The maximum absolute atomic E-state index is 12.9. The molecule has 9 nitrogen and oxygen atoms in total. The summed E-state index contributed by atoms with van der Waals surface area (Å²) in [5.41, 5.74) is 0. The van der Waals surface area contributed by atoms with Crippen LogP contribution in [0.15, 0.2) is 0 Å². The van der Waals surface area contributed by atoms with E-state index in [-0.39, 0.29) is 32.2 Å². The molecule has 0 saturated carbocycles. The Morgan fingerprint density at radius 2 is 0.616 bits per heavy atom. The molecule has 0 rings (SSSR count). The van der Waals surface area contributed by atoms with Crippen LogP contribution in [0.5, 0.6) is 0 Å². The zero-order valence-electron chi connectivity index (χ0n) is 49.6. The van der Waals surface area contributed by atoms with Crippen molar-refractivity contribution in [3.8, 4) is 0 Å². The predicted molar refractivity (Wildman–Crippen MR) is 307 cm³/mol. The van der Waals surface area contributed by atoms with Crippen molar-refractivity contribution in [1.29, 1.82) is 0 Å². The number of carboxylic acids is 1. The van der Waals surface area contributed by atoms with Crippen LogP contribution in [0.2, 0.25) is 0 Å². The number of carbonyl (C=O) groups excluding carboxylic acids is 3. The first kappa shape index (κ1) is 71.3. The summed E-state index contributed by atoms with van der Waals surface area (Å²) in [6, 6.07) is 0. The van der Waals surface area contributed by atoms with E-state index < -0.39 is 24.3 Å². The first-order valence-corrected chi connectivity index (χ1v) is 32.2. The summed E-state index contributed by atoms with van der Waals surface area (Å²) >= 11 is 0. The minimum absolute atomic E-state index is 0.153. The molecule has 0 aromatic rings. The van der Waals surface area contributed by atoms with Crippen molar-refractivity contribution in [2.45, 2.75) is 347 Å². The molecule has 434 valence electrons. The number of likely N-dealkylation sites (N-methyl/N-ethyl adjacent to an activating group) is 1. The largest absolute Gasteiger partial charge is 0.545 e. The summed E-state index contributed by atoms with van der Waals surface area (Å²) in [6.45, 7) is 4.83. The van der Waals surface area contributed by atoms with Gasteiger partial charge in [-0.2, -0.15) is 0 Å². The summed E-state index contributed by atoms with van der Waals surface area (Å²) in [6.07, 6.45) is 61.7. The smallest absolute Gasteiger partial charge is 0.306 e. The first-order chi connectivity index (χ1) is 35.6. The molecule has 0 radical (unpaired) electrons. The number of quaternary nitrogens is 1. The van der Waals surface area contributed by atoms with E-state index in [1.807, 2.05) is 21.1 Å². The van der Waals surface area contributed by atoms with Gasteiger partial charge in [0.2, 0.25) is 0 Å². The SMILES string of the molecule is CCCCCCCCCCCCCCCCCCCCCCCCCCCCCC(=O)OC(COC(=O)CCCCCCCCCCCCCCCCCCCCCCC)COC(OCC[N+](C)(C)C)C(=O)[O-]. The van der Waals surface area contributed by atoms with Gasteiger partial charge in [-0.15, -0.1) is 0 Å². The minimum atomic E-state index is -1.61. The number of carboxylic acid groups (broad SMARTS) is 1. The molecule has 0 aliphatic carbocycles. The van der Waals surface area contributed by atoms with Gasteiger partial charge in [0.25, 0.3) is 0 Å². The first-order valence-electron chi connectivity index (χ1n) is 32.2. The van der Waals surface area contributed by atoms with Gasteiger partial charge in [-0.25, -0.2) is 0 Å². The van der Waals surface area contributed by atoms with Crippen LogP contribution in [-0.4, -0.2) is 82.3 Å². The Hall–Kier alpha value is -1.71. The fourth-order valence-electron chi connectivity index (χ4n) is 9.89. The predicted octanol–water partition coefficient (Wildman–Crippen LogP) is 17.8. The van der Waals surface area contributed by atoms with E-state index in [0.29, 0.717) is 17.4 Å². The number of unbranched alkanes of at least 4 members (excludes halogenated alkanes) is 46. The molecule has 0 bridgehead atoms. The van der Waals surface area contributed by atoms with Crippen molar-refractivity contribution in [2.75, 3.05) is 47.5 Å². The van der Waals surface area contributed by atoms with Gasteiger partial charge in [-0.05, 0) is 12.8 Å². The summed E-state index contributed by atoms with van der Waals surface area (Å²) < 4.78 is 22.8. The van der Waals surface area contributed by atoms with E-state index in [2.05, 4.69) is 13.8 Å². The van der Waals surface area contributed by atoms with E-state index in [4.69, 9.17) is 18.9 Å². The molecule has 0 spiro atoms. The van der Waals surface area contributed by atoms with Crippen molar-refractivity contribution >= 4 is 17.9 Å². The summed E-state index contributed by atoms with van der Waals surface area (Å²) in [7, 11) is 5.94. The maximum atomic E-state index is 12.9. The molecule has 0 fully saturated rings. The molecule has 0 N–H and O–H groups in total. The van der Waals surface area contributed by atoms with Crippen LogP contribution >= 0.6 is 0 Å². The standard InChI is InChI=1S/C64H125NO8/c1-6-8-10-12-14-16-18-20-22-24-26-28-29-30-31-32-33-35-37-39-41-43-45-47-49-51-53-55-62(67)73-60(59-72-64(63(68)69)70-57-56-65(3,4)5)58-71-61(66)54-52-50-48-46-44-42-40-38-36-34-27-25-23-21-19-17-15-13-11-9-7-2/h60,64H,6-59H2,1-5H3.